The van der Waals surface area contributed by atoms with Crippen molar-refractivity contribution in [2.75, 3.05) is 5.75 Å². The Bertz CT molecular complexity index is 604. The summed E-state index contributed by atoms with van der Waals surface area (Å²) >= 11 is 2.37. The predicted octanol–water partition coefficient (Wildman–Crippen LogP) is -0.568. The first kappa shape index (κ1) is 11.0. The van der Waals surface area contributed by atoms with Gasteiger partial charge in [-0.15, -0.1) is 15.3 Å². The first-order chi connectivity index (χ1) is 7.58. The van der Waals surface area contributed by atoms with Gasteiger partial charge in [-0.2, -0.15) is 4.52 Å². The second-order valence-corrected chi connectivity index (χ2v) is 5.09. The summed E-state index contributed by atoms with van der Waals surface area (Å²) in [6.45, 7) is 1.57. The number of nitrogens with two attached hydrogens (primary N) is 1. The summed E-state index contributed by atoms with van der Waals surface area (Å²) in [6, 6.07) is 0. The van der Waals surface area contributed by atoms with Gasteiger partial charge in [0.2, 0.25) is 10.9 Å². The van der Waals surface area contributed by atoms with Crippen LogP contribution in [0.15, 0.2) is 9.13 Å². The Hall–Kier alpha value is -1.48. The third kappa shape index (κ3) is 2.04. The molecule has 2 aromatic rings. The molecule has 2 rings (SSSR count). The molecular weight excluding hydrogens is 250 g/mol. The van der Waals surface area contributed by atoms with E-state index in [1.165, 1.54) is 27.6 Å². The van der Waals surface area contributed by atoms with E-state index in [1.54, 1.807) is 6.92 Å². The number of rotatable bonds is 3. The second kappa shape index (κ2) is 4.18. The van der Waals surface area contributed by atoms with Crippen LogP contribution in [-0.2, 0) is 4.79 Å². The number of amides is 1. The molecule has 7 nitrogen and oxygen atoms in total. The number of aryl methyl sites for hydroxylation is 1. The molecule has 0 spiro atoms. The highest BCUT2D eigenvalue weighted by Crippen LogP contribution is 2.22. The van der Waals surface area contributed by atoms with Gasteiger partial charge < -0.3 is 5.73 Å². The van der Waals surface area contributed by atoms with Gasteiger partial charge in [0.25, 0.3) is 5.56 Å². The van der Waals surface area contributed by atoms with Crippen LogP contribution >= 0.6 is 23.1 Å². The first-order valence-electron chi connectivity index (χ1n) is 4.22. The zero-order chi connectivity index (χ0) is 11.7. The fraction of sp³-hybridized carbons (Fsp3) is 0.286. The van der Waals surface area contributed by atoms with E-state index < -0.39 is 5.91 Å². The van der Waals surface area contributed by atoms with E-state index in [4.69, 9.17) is 5.73 Å². The van der Waals surface area contributed by atoms with E-state index >= 15 is 0 Å². The molecule has 0 unspecified atom stereocenters. The number of nitrogens with zero attached hydrogens (tertiary/aromatic N) is 4. The van der Waals surface area contributed by atoms with Gasteiger partial charge >= 0.3 is 0 Å². The Labute approximate surface area is 97.7 Å². The lowest BCUT2D eigenvalue weighted by Crippen LogP contribution is -2.19. The zero-order valence-electron chi connectivity index (χ0n) is 8.21. The Balaban J connectivity index is 2.40. The monoisotopic (exact) mass is 257 g/mol. The number of fused-ring (bicyclic) bond motifs is 1. The lowest BCUT2D eigenvalue weighted by molar-refractivity contribution is -0.115. The van der Waals surface area contributed by atoms with Crippen LogP contribution in [0.1, 0.15) is 5.69 Å². The molecule has 0 saturated heterocycles. The molecule has 0 atom stereocenters. The highest BCUT2D eigenvalue weighted by Gasteiger charge is 2.10. The van der Waals surface area contributed by atoms with Gasteiger partial charge in [-0.3, -0.25) is 9.59 Å². The number of hydrogen-bond acceptors (Lipinski definition) is 7. The van der Waals surface area contributed by atoms with Gasteiger partial charge in [0.1, 0.15) is 5.69 Å². The standard InChI is InChI=1S/C7H7N5O2S2/c1-3-5(14)12-6(10-9-3)16-7(11-12)15-2-4(8)13/h2H2,1H3,(H2,8,13). The highest BCUT2D eigenvalue weighted by molar-refractivity contribution is 8.01. The average molecular weight is 257 g/mol. The summed E-state index contributed by atoms with van der Waals surface area (Å²) in [4.78, 5) is 22.6. The molecule has 2 N–H and O–H groups in total. The van der Waals surface area contributed by atoms with Crippen LogP contribution in [0.5, 0.6) is 0 Å². The van der Waals surface area contributed by atoms with Crippen molar-refractivity contribution in [1.82, 2.24) is 19.8 Å². The maximum absolute atomic E-state index is 11.6. The van der Waals surface area contributed by atoms with Crippen molar-refractivity contribution in [1.29, 1.82) is 0 Å². The van der Waals surface area contributed by atoms with E-state index in [0.29, 0.717) is 9.30 Å². The molecular formula is C7H7N5O2S2. The SMILES string of the molecule is Cc1nnc2sc(SCC(N)=O)nn2c1=O. The molecule has 0 saturated carbocycles. The van der Waals surface area contributed by atoms with Crippen molar-refractivity contribution < 1.29 is 4.79 Å². The Morgan fingerprint density at radius 1 is 1.56 bits per heavy atom. The van der Waals surface area contributed by atoms with Crippen LogP contribution in [0, 0.1) is 6.92 Å². The summed E-state index contributed by atoms with van der Waals surface area (Å²) in [5.41, 5.74) is 5.00. The third-order valence-electron chi connectivity index (χ3n) is 1.67. The fourth-order valence-corrected chi connectivity index (χ4v) is 2.58. The van der Waals surface area contributed by atoms with E-state index in [2.05, 4.69) is 15.3 Å². The van der Waals surface area contributed by atoms with Crippen molar-refractivity contribution >= 4 is 34.0 Å². The lowest BCUT2D eigenvalue weighted by atomic mass is 10.5. The fourth-order valence-electron chi connectivity index (χ4n) is 0.966. The quantitative estimate of drug-likeness (QED) is 0.739. The molecule has 2 heterocycles. The van der Waals surface area contributed by atoms with Gasteiger partial charge in [0.05, 0.1) is 5.75 Å². The summed E-state index contributed by atoms with van der Waals surface area (Å²) in [5.74, 6) is -0.306. The molecule has 0 aromatic carbocycles. The van der Waals surface area contributed by atoms with Crippen LogP contribution in [-0.4, -0.2) is 31.5 Å². The molecule has 2 aromatic heterocycles. The summed E-state index contributed by atoms with van der Waals surface area (Å²) in [6.07, 6.45) is 0. The molecule has 1 amide bonds. The lowest BCUT2D eigenvalue weighted by Gasteiger charge is -1.89. The first-order valence-corrected chi connectivity index (χ1v) is 6.02. The van der Waals surface area contributed by atoms with E-state index in [1.807, 2.05) is 0 Å². The van der Waals surface area contributed by atoms with Crippen molar-refractivity contribution in [3.8, 4) is 0 Å². The minimum Gasteiger partial charge on any atom is -0.369 e. The molecule has 9 heteroatoms. The molecule has 0 aliphatic rings. The smallest absolute Gasteiger partial charge is 0.296 e. The van der Waals surface area contributed by atoms with Crippen LogP contribution in [0.3, 0.4) is 0 Å². The van der Waals surface area contributed by atoms with Crippen LogP contribution in [0.4, 0.5) is 0 Å². The molecule has 16 heavy (non-hydrogen) atoms. The van der Waals surface area contributed by atoms with E-state index in [-0.39, 0.29) is 17.0 Å². The maximum atomic E-state index is 11.6. The number of carbonyl (C=O) groups is 1. The number of thioether (sulfide) groups is 1. The second-order valence-electron chi connectivity index (χ2n) is 2.91. The van der Waals surface area contributed by atoms with Gasteiger partial charge in [-0.05, 0) is 6.92 Å². The highest BCUT2D eigenvalue weighted by atomic mass is 32.2. The van der Waals surface area contributed by atoms with Gasteiger partial charge in [0.15, 0.2) is 4.34 Å². The maximum Gasteiger partial charge on any atom is 0.296 e. The molecule has 84 valence electrons. The van der Waals surface area contributed by atoms with Crippen LogP contribution < -0.4 is 11.3 Å². The van der Waals surface area contributed by atoms with Gasteiger partial charge in [-0.25, -0.2) is 0 Å². The number of primary amides is 1. The van der Waals surface area contributed by atoms with Gasteiger partial charge in [-0.1, -0.05) is 23.1 Å². The van der Waals surface area contributed by atoms with Crippen molar-refractivity contribution in [2.45, 2.75) is 11.3 Å². The van der Waals surface area contributed by atoms with Crippen LogP contribution in [0.25, 0.3) is 4.96 Å². The topological polar surface area (TPSA) is 103 Å². The number of carbonyl (C=O) groups excluding carboxylic acids is 1. The van der Waals surface area contributed by atoms with E-state index in [9.17, 15) is 9.59 Å². The minimum atomic E-state index is -0.432. The minimum absolute atomic E-state index is 0.126. The Morgan fingerprint density at radius 2 is 2.31 bits per heavy atom. The molecule has 0 radical (unpaired) electrons. The normalized spacial score (nSPS) is 10.8. The summed E-state index contributed by atoms with van der Waals surface area (Å²) in [7, 11) is 0. The molecule has 0 fully saturated rings. The van der Waals surface area contributed by atoms with Crippen molar-refractivity contribution in [3.63, 3.8) is 0 Å². The molecule has 0 aliphatic heterocycles. The Morgan fingerprint density at radius 3 is 3.00 bits per heavy atom. The average Bonchev–Trinajstić information content (AvgIpc) is 2.64. The number of aromatic nitrogens is 4. The van der Waals surface area contributed by atoms with Crippen LogP contribution in [0.2, 0.25) is 0 Å². The van der Waals surface area contributed by atoms with Gasteiger partial charge in [0, 0.05) is 0 Å². The zero-order valence-corrected chi connectivity index (χ0v) is 9.84. The van der Waals surface area contributed by atoms with Crippen molar-refractivity contribution in [3.05, 3.63) is 16.0 Å². The Kier molecular flexibility index (Phi) is 2.88. The molecule has 0 bridgehead atoms. The largest absolute Gasteiger partial charge is 0.369 e. The summed E-state index contributed by atoms with van der Waals surface area (Å²) in [5, 5.41) is 11.6. The van der Waals surface area contributed by atoms with E-state index in [0.717, 1.165) is 0 Å². The van der Waals surface area contributed by atoms with Crippen molar-refractivity contribution in [2.24, 2.45) is 5.73 Å². The summed E-state index contributed by atoms with van der Waals surface area (Å²) < 4.78 is 1.74. The predicted molar refractivity (Wildman–Crippen MR) is 59.6 cm³/mol. The number of hydrogen-bond donors (Lipinski definition) is 1. The molecule has 0 aliphatic carbocycles. The third-order valence-corrected chi connectivity index (χ3v) is 3.72.